The summed E-state index contributed by atoms with van der Waals surface area (Å²) in [7, 11) is 0. The normalized spacial score (nSPS) is 17.4. The summed E-state index contributed by atoms with van der Waals surface area (Å²) in [5, 5.41) is 6.32. The van der Waals surface area contributed by atoms with Crippen molar-refractivity contribution in [3.8, 4) is 0 Å². The average Bonchev–Trinajstić information content (AvgIpc) is 2.34. The van der Waals surface area contributed by atoms with Crippen LogP contribution in [0.3, 0.4) is 0 Å². The highest BCUT2D eigenvalue weighted by atomic mass is 79.9. The van der Waals surface area contributed by atoms with Crippen molar-refractivity contribution in [2.75, 3.05) is 19.6 Å². The Kier molecular flexibility index (Phi) is 4.86. The minimum atomic E-state index is -0.0616. The van der Waals surface area contributed by atoms with Crippen LogP contribution in [0.15, 0.2) is 28.7 Å². The first-order chi connectivity index (χ1) is 9.40. The van der Waals surface area contributed by atoms with Gasteiger partial charge in [-0.15, -0.1) is 0 Å². The van der Waals surface area contributed by atoms with E-state index in [1.54, 1.807) is 0 Å². The van der Waals surface area contributed by atoms with Crippen molar-refractivity contribution in [1.82, 2.24) is 10.6 Å². The number of benzene rings is 1. The van der Waals surface area contributed by atoms with Crippen LogP contribution >= 0.6 is 15.9 Å². The van der Waals surface area contributed by atoms with Gasteiger partial charge in [-0.1, -0.05) is 48.8 Å². The zero-order valence-corrected chi connectivity index (χ0v) is 14.0. The Morgan fingerprint density at radius 1 is 1.40 bits per heavy atom. The van der Waals surface area contributed by atoms with Crippen LogP contribution in [0.1, 0.15) is 26.3 Å². The average molecular weight is 339 g/mol. The minimum absolute atomic E-state index is 0.0616. The second-order valence-corrected chi connectivity index (χ2v) is 7.23. The fourth-order valence-electron chi connectivity index (χ4n) is 2.35. The van der Waals surface area contributed by atoms with Crippen molar-refractivity contribution < 1.29 is 4.79 Å². The lowest BCUT2D eigenvalue weighted by Crippen LogP contribution is -2.50. The molecular formula is C16H23BrN2O. The molecule has 0 aliphatic carbocycles. The molecule has 1 atom stereocenters. The van der Waals surface area contributed by atoms with Crippen LogP contribution in [0, 0.1) is 11.8 Å². The van der Waals surface area contributed by atoms with Crippen molar-refractivity contribution in [2.24, 2.45) is 11.8 Å². The number of carbonyl (C=O) groups excluding carboxylic acids is 1. The topological polar surface area (TPSA) is 41.1 Å². The van der Waals surface area contributed by atoms with Crippen LogP contribution in [0.2, 0.25) is 0 Å². The molecule has 0 aromatic heterocycles. The van der Waals surface area contributed by atoms with Gasteiger partial charge in [-0.05, 0) is 36.7 Å². The van der Waals surface area contributed by atoms with Crippen LogP contribution in [-0.2, 0) is 10.2 Å². The number of halogens is 1. The fourth-order valence-corrected chi connectivity index (χ4v) is 2.62. The second kappa shape index (κ2) is 6.27. The lowest BCUT2D eigenvalue weighted by Gasteiger charge is -2.33. The van der Waals surface area contributed by atoms with Gasteiger partial charge in [-0.25, -0.2) is 0 Å². The number of hydrogen-bond acceptors (Lipinski definition) is 2. The Bertz CT molecular complexity index is 466. The molecule has 1 aliphatic rings. The van der Waals surface area contributed by atoms with Crippen molar-refractivity contribution in [2.45, 2.75) is 26.2 Å². The van der Waals surface area contributed by atoms with Gasteiger partial charge in [0.25, 0.3) is 0 Å². The van der Waals surface area contributed by atoms with Crippen LogP contribution < -0.4 is 10.6 Å². The highest BCUT2D eigenvalue weighted by molar-refractivity contribution is 9.10. The Morgan fingerprint density at radius 2 is 2.00 bits per heavy atom. The van der Waals surface area contributed by atoms with Gasteiger partial charge in [0.05, 0.1) is 0 Å². The summed E-state index contributed by atoms with van der Waals surface area (Å²) in [6.07, 6.45) is 0. The lowest BCUT2D eigenvalue weighted by atomic mass is 9.84. The van der Waals surface area contributed by atoms with Gasteiger partial charge in [-0.3, -0.25) is 4.79 Å². The first kappa shape index (κ1) is 15.5. The van der Waals surface area contributed by atoms with Crippen molar-refractivity contribution in [3.05, 3.63) is 34.3 Å². The fraction of sp³-hybridized carbons (Fsp3) is 0.562. The zero-order chi connectivity index (χ0) is 14.8. The SMILES string of the molecule is CC(C(=O)NCC(C)(C)c1ccc(Br)cc1)C1CNC1. The maximum atomic E-state index is 12.2. The van der Waals surface area contributed by atoms with E-state index < -0.39 is 0 Å². The van der Waals surface area contributed by atoms with Crippen molar-refractivity contribution in [3.63, 3.8) is 0 Å². The molecule has 1 fully saturated rings. The van der Waals surface area contributed by atoms with Gasteiger partial charge < -0.3 is 10.6 Å². The highest BCUT2D eigenvalue weighted by Crippen LogP contribution is 2.24. The summed E-state index contributed by atoms with van der Waals surface area (Å²) < 4.78 is 1.08. The lowest BCUT2D eigenvalue weighted by molar-refractivity contribution is -0.126. The van der Waals surface area contributed by atoms with Gasteiger partial charge in [0.1, 0.15) is 0 Å². The third-order valence-corrected chi connectivity index (χ3v) is 4.79. The molecule has 1 amide bonds. The molecule has 2 rings (SSSR count). The van der Waals surface area contributed by atoms with E-state index in [0.29, 0.717) is 12.5 Å². The minimum Gasteiger partial charge on any atom is -0.355 e. The molecular weight excluding hydrogens is 316 g/mol. The van der Waals surface area contributed by atoms with Crippen LogP contribution in [0.5, 0.6) is 0 Å². The van der Waals surface area contributed by atoms with E-state index >= 15 is 0 Å². The molecule has 20 heavy (non-hydrogen) atoms. The molecule has 0 radical (unpaired) electrons. The standard InChI is InChI=1S/C16H23BrN2O/c1-11(12-8-18-9-12)15(20)19-10-16(2,3)13-4-6-14(17)7-5-13/h4-7,11-12,18H,8-10H2,1-3H3,(H,19,20). The molecule has 2 N–H and O–H groups in total. The molecule has 3 nitrogen and oxygen atoms in total. The monoisotopic (exact) mass is 338 g/mol. The third-order valence-electron chi connectivity index (χ3n) is 4.26. The van der Waals surface area contributed by atoms with Gasteiger partial charge >= 0.3 is 0 Å². The molecule has 1 saturated heterocycles. The van der Waals surface area contributed by atoms with Gasteiger partial charge in [0.2, 0.25) is 5.91 Å². The molecule has 0 bridgehead atoms. The van der Waals surface area contributed by atoms with Gasteiger partial charge in [-0.2, -0.15) is 0 Å². The van der Waals surface area contributed by atoms with E-state index in [0.717, 1.165) is 17.6 Å². The summed E-state index contributed by atoms with van der Waals surface area (Å²) in [5.41, 5.74) is 1.17. The van der Waals surface area contributed by atoms with E-state index in [4.69, 9.17) is 0 Å². The maximum absolute atomic E-state index is 12.2. The van der Waals surface area contributed by atoms with Crippen molar-refractivity contribution in [1.29, 1.82) is 0 Å². The predicted molar refractivity (Wildman–Crippen MR) is 85.7 cm³/mol. The molecule has 1 aromatic carbocycles. The predicted octanol–water partition coefficient (Wildman–Crippen LogP) is 2.70. The first-order valence-electron chi connectivity index (χ1n) is 7.14. The van der Waals surface area contributed by atoms with E-state index in [-0.39, 0.29) is 17.2 Å². The molecule has 0 spiro atoms. The number of nitrogens with one attached hydrogen (secondary N) is 2. The summed E-state index contributed by atoms with van der Waals surface area (Å²) in [4.78, 5) is 12.2. The van der Waals surface area contributed by atoms with Crippen LogP contribution in [0.25, 0.3) is 0 Å². The number of carbonyl (C=O) groups is 1. The summed E-state index contributed by atoms with van der Waals surface area (Å²) in [6, 6.07) is 8.30. The van der Waals surface area contributed by atoms with Crippen LogP contribution in [-0.4, -0.2) is 25.5 Å². The summed E-state index contributed by atoms with van der Waals surface area (Å²) in [6.45, 7) is 8.93. The number of amides is 1. The second-order valence-electron chi connectivity index (χ2n) is 6.32. The van der Waals surface area contributed by atoms with E-state index in [2.05, 4.69) is 52.5 Å². The van der Waals surface area contributed by atoms with E-state index in [1.807, 2.05) is 19.1 Å². The largest absolute Gasteiger partial charge is 0.355 e. The molecule has 1 heterocycles. The summed E-state index contributed by atoms with van der Waals surface area (Å²) >= 11 is 3.45. The van der Waals surface area contributed by atoms with Gasteiger partial charge in [0, 0.05) is 22.4 Å². The third kappa shape index (κ3) is 3.61. The Hall–Kier alpha value is -0.870. The summed E-state index contributed by atoms with van der Waals surface area (Å²) in [5.74, 6) is 0.754. The van der Waals surface area contributed by atoms with E-state index in [1.165, 1.54) is 5.56 Å². The Morgan fingerprint density at radius 3 is 2.50 bits per heavy atom. The number of rotatable bonds is 5. The van der Waals surface area contributed by atoms with E-state index in [9.17, 15) is 4.79 Å². The molecule has 1 aromatic rings. The van der Waals surface area contributed by atoms with Gasteiger partial charge in [0.15, 0.2) is 0 Å². The molecule has 1 unspecified atom stereocenters. The molecule has 0 saturated carbocycles. The zero-order valence-electron chi connectivity index (χ0n) is 12.4. The Balaban J connectivity index is 1.91. The Labute approximate surface area is 129 Å². The highest BCUT2D eigenvalue weighted by Gasteiger charge is 2.30. The molecule has 110 valence electrons. The maximum Gasteiger partial charge on any atom is 0.223 e. The molecule has 1 aliphatic heterocycles. The smallest absolute Gasteiger partial charge is 0.223 e. The quantitative estimate of drug-likeness (QED) is 0.866. The first-order valence-corrected chi connectivity index (χ1v) is 7.94. The number of hydrogen-bond donors (Lipinski definition) is 2. The van der Waals surface area contributed by atoms with Crippen molar-refractivity contribution >= 4 is 21.8 Å². The van der Waals surface area contributed by atoms with Crippen LogP contribution in [0.4, 0.5) is 0 Å². The molecule has 4 heteroatoms.